The van der Waals surface area contributed by atoms with Gasteiger partial charge in [0.1, 0.15) is 0 Å². The molecule has 0 saturated carbocycles. The molecule has 2 aromatic carbocycles. The molecule has 4 nitrogen and oxygen atoms in total. The van der Waals surface area contributed by atoms with E-state index < -0.39 is 10.0 Å². The number of halogens is 2. The molecule has 28 heavy (non-hydrogen) atoms. The summed E-state index contributed by atoms with van der Waals surface area (Å²) >= 11 is 6.14. The third kappa shape index (κ3) is 5.94. The van der Waals surface area contributed by atoms with Gasteiger partial charge in [-0.3, -0.25) is 0 Å². The highest BCUT2D eigenvalue weighted by molar-refractivity contribution is 7.89. The SMILES string of the molecule is CCCS(=O)(=O)NCc1ccc2c(c1)C(Cc1cccc(Cl)c1)C(N)CC2.Cl. The molecule has 0 saturated heterocycles. The van der Waals surface area contributed by atoms with Crippen molar-refractivity contribution >= 4 is 34.0 Å². The summed E-state index contributed by atoms with van der Waals surface area (Å²) in [5.74, 6) is 0.361. The number of aryl methyl sites for hydroxylation is 1. The number of fused-ring (bicyclic) bond motifs is 1. The molecule has 0 bridgehead atoms. The Morgan fingerprint density at radius 1 is 1.18 bits per heavy atom. The molecule has 0 heterocycles. The Morgan fingerprint density at radius 2 is 1.96 bits per heavy atom. The van der Waals surface area contributed by atoms with E-state index >= 15 is 0 Å². The molecule has 0 spiro atoms. The second-order valence-corrected chi connectivity index (χ2v) is 9.68. The highest BCUT2D eigenvalue weighted by Gasteiger charge is 2.27. The maximum absolute atomic E-state index is 11.9. The summed E-state index contributed by atoms with van der Waals surface area (Å²) in [5, 5.41) is 0.733. The molecule has 2 atom stereocenters. The van der Waals surface area contributed by atoms with Crippen LogP contribution in [-0.2, 0) is 29.4 Å². The topological polar surface area (TPSA) is 72.2 Å². The van der Waals surface area contributed by atoms with Crippen molar-refractivity contribution in [1.82, 2.24) is 4.72 Å². The van der Waals surface area contributed by atoms with Crippen molar-refractivity contribution in [3.63, 3.8) is 0 Å². The molecular weight excluding hydrogens is 415 g/mol. The fourth-order valence-corrected chi connectivity index (χ4v) is 5.08. The van der Waals surface area contributed by atoms with Gasteiger partial charge in [-0.25, -0.2) is 13.1 Å². The van der Waals surface area contributed by atoms with Gasteiger partial charge in [-0.2, -0.15) is 0 Å². The van der Waals surface area contributed by atoms with Crippen LogP contribution in [0.3, 0.4) is 0 Å². The van der Waals surface area contributed by atoms with E-state index in [1.165, 1.54) is 16.7 Å². The zero-order valence-corrected chi connectivity index (χ0v) is 18.4. The smallest absolute Gasteiger partial charge is 0.211 e. The Labute approximate surface area is 179 Å². The minimum absolute atomic E-state index is 0. The maximum atomic E-state index is 11.9. The summed E-state index contributed by atoms with van der Waals surface area (Å²) in [4.78, 5) is 0. The van der Waals surface area contributed by atoms with Crippen molar-refractivity contribution in [2.24, 2.45) is 5.73 Å². The Kier molecular flexibility index (Phi) is 8.34. The first-order valence-corrected chi connectivity index (χ1v) is 11.5. The van der Waals surface area contributed by atoms with E-state index in [1.807, 2.05) is 31.2 Å². The van der Waals surface area contributed by atoms with Crippen molar-refractivity contribution in [2.45, 2.75) is 51.1 Å². The molecule has 3 N–H and O–H groups in total. The van der Waals surface area contributed by atoms with Gasteiger partial charge in [0.05, 0.1) is 5.75 Å². The van der Waals surface area contributed by atoms with Crippen LogP contribution in [0.15, 0.2) is 42.5 Å². The van der Waals surface area contributed by atoms with Crippen LogP contribution in [0, 0.1) is 0 Å². The third-order valence-corrected chi connectivity index (χ3v) is 6.95. The van der Waals surface area contributed by atoms with E-state index in [0.717, 1.165) is 29.8 Å². The standard InChI is InChI=1S/C21H27ClN2O2S.ClH/c1-2-10-27(25,26)24-14-16-6-7-17-8-9-21(23)20(19(17)13-16)12-15-4-3-5-18(22)11-15;/h3-7,11,13,20-21,24H,2,8-10,12,14,23H2,1H3;1H. The lowest BCUT2D eigenvalue weighted by Crippen LogP contribution is -2.34. The van der Waals surface area contributed by atoms with Crippen molar-refractivity contribution in [3.05, 3.63) is 69.7 Å². The van der Waals surface area contributed by atoms with E-state index in [2.05, 4.69) is 22.9 Å². The van der Waals surface area contributed by atoms with Gasteiger partial charge in [-0.1, -0.05) is 48.9 Å². The average molecular weight is 443 g/mol. The summed E-state index contributed by atoms with van der Waals surface area (Å²) in [6.07, 6.45) is 3.36. The molecule has 2 aromatic rings. The molecule has 7 heteroatoms. The van der Waals surface area contributed by atoms with Gasteiger partial charge in [0.2, 0.25) is 10.0 Å². The van der Waals surface area contributed by atoms with E-state index in [0.29, 0.717) is 13.0 Å². The van der Waals surface area contributed by atoms with Crippen LogP contribution in [0.25, 0.3) is 0 Å². The van der Waals surface area contributed by atoms with Crippen molar-refractivity contribution in [3.8, 4) is 0 Å². The Bertz CT molecular complexity index is 903. The van der Waals surface area contributed by atoms with Crippen LogP contribution in [-0.4, -0.2) is 20.2 Å². The minimum atomic E-state index is -3.22. The van der Waals surface area contributed by atoms with Gasteiger partial charge >= 0.3 is 0 Å². The number of nitrogens with one attached hydrogen (secondary N) is 1. The lowest BCUT2D eigenvalue weighted by molar-refractivity contribution is 0.467. The van der Waals surface area contributed by atoms with Gasteiger partial charge in [0, 0.05) is 23.5 Å². The van der Waals surface area contributed by atoms with Gasteiger partial charge in [0.25, 0.3) is 0 Å². The fraction of sp³-hybridized carbons (Fsp3) is 0.429. The average Bonchev–Trinajstić information content (AvgIpc) is 2.62. The first-order chi connectivity index (χ1) is 12.9. The quantitative estimate of drug-likeness (QED) is 0.674. The van der Waals surface area contributed by atoms with E-state index in [1.54, 1.807) is 0 Å². The molecule has 0 radical (unpaired) electrons. The Balaban J connectivity index is 0.00000280. The predicted octanol–water partition coefficient (Wildman–Crippen LogP) is 4.19. The first-order valence-electron chi connectivity index (χ1n) is 9.47. The summed E-state index contributed by atoms with van der Waals surface area (Å²) in [5.41, 5.74) is 11.2. The predicted molar refractivity (Wildman–Crippen MR) is 119 cm³/mol. The Hall–Kier alpha value is -1.11. The van der Waals surface area contributed by atoms with Crippen molar-refractivity contribution in [1.29, 1.82) is 0 Å². The van der Waals surface area contributed by atoms with Crippen LogP contribution in [0.5, 0.6) is 0 Å². The second kappa shape index (κ2) is 10.1. The Morgan fingerprint density at radius 3 is 2.68 bits per heavy atom. The highest BCUT2D eigenvalue weighted by atomic mass is 35.5. The number of hydrogen-bond acceptors (Lipinski definition) is 3. The van der Waals surface area contributed by atoms with Crippen LogP contribution >= 0.6 is 24.0 Å². The van der Waals surface area contributed by atoms with E-state index in [-0.39, 0.29) is 30.1 Å². The van der Waals surface area contributed by atoms with E-state index in [9.17, 15) is 8.42 Å². The summed E-state index contributed by atoms with van der Waals surface area (Å²) in [7, 11) is -3.22. The normalized spacial score (nSPS) is 19.0. The number of hydrogen-bond donors (Lipinski definition) is 2. The summed E-state index contributed by atoms with van der Waals surface area (Å²) in [6.45, 7) is 2.18. The molecule has 0 aromatic heterocycles. The molecule has 154 valence electrons. The highest BCUT2D eigenvalue weighted by Crippen LogP contribution is 2.34. The molecule has 0 amide bonds. The molecular formula is C21H28Cl2N2O2S. The summed E-state index contributed by atoms with van der Waals surface area (Å²) in [6, 6.07) is 14.3. The number of nitrogens with two attached hydrogens (primary N) is 1. The van der Waals surface area contributed by atoms with Crippen LogP contribution < -0.4 is 10.5 Å². The maximum Gasteiger partial charge on any atom is 0.211 e. The molecule has 1 aliphatic rings. The second-order valence-electron chi connectivity index (χ2n) is 7.32. The zero-order valence-electron chi connectivity index (χ0n) is 16.0. The van der Waals surface area contributed by atoms with Gasteiger partial charge in [0.15, 0.2) is 0 Å². The lowest BCUT2D eigenvalue weighted by atomic mass is 9.76. The largest absolute Gasteiger partial charge is 0.327 e. The number of sulfonamides is 1. The van der Waals surface area contributed by atoms with Gasteiger partial charge in [-0.15, -0.1) is 12.4 Å². The third-order valence-electron chi connectivity index (χ3n) is 5.19. The van der Waals surface area contributed by atoms with Crippen LogP contribution in [0.2, 0.25) is 5.02 Å². The summed E-state index contributed by atoms with van der Waals surface area (Å²) < 4.78 is 26.6. The molecule has 3 rings (SSSR count). The van der Waals surface area contributed by atoms with E-state index in [4.69, 9.17) is 17.3 Å². The monoisotopic (exact) mass is 442 g/mol. The first kappa shape index (κ1) is 23.2. The molecule has 0 aliphatic heterocycles. The lowest BCUT2D eigenvalue weighted by Gasteiger charge is -2.32. The zero-order chi connectivity index (χ0) is 19.4. The fourth-order valence-electron chi connectivity index (χ4n) is 3.79. The van der Waals surface area contributed by atoms with Gasteiger partial charge in [-0.05, 0) is 60.1 Å². The van der Waals surface area contributed by atoms with Crippen LogP contribution in [0.4, 0.5) is 0 Å². The van der Waals surface area contributed by atoms with Crippen molar-refractivity contribution in [2.75, 3.05) is 5.75 Å². The minimum Gasteiger partial charge on any atom is -0.327 e. The van der Waals surface area contributed by atoms with Gasteiger partial charge < -0.3 is 5.73 Å². The van der Waals surface area contributed by atoms with Crippen LogP contribution in [0.1, 0.15) is 47.9 Å². The number of rotatable bonds is 7. The molecule has 0 fully saturated rings. The number of benzene rings is 2. The molecule has 2 unspecified atom stereocenters. The molecule has 1 aliphatic carbocycles. The van der Waals surface area contributed by atoms with Crippen molar-refractivity contribution < 1.29 is 8.42 Å².